The molecule has 358 valence electrons. The smallest absolute Gasteiger partial charge is 0.387 e. The fourth-order valence-corrected chi connectivity index (χ4v) is 8.90. The third kappa shape index (κ3) is 45.3. The van der Waals surface area contributed by atoms with Crippen molar-refractivity contribution in [3.63, 3.8) is 0 Å². The SMILES string of the molecule is CCCCCCCCCCCCCCCCCCCC/C=C/C(O)C(COP(=O)(O)OCCN)NC(=O)CCCCCCCCCCCCCCCCCCCCCCC. The zero-order valence-electron chi connectivity index (χ0n) is 40.0. The molecule has 0 aliphatic carbocycles. The minimum Gasteiger partial charge on any atom is -0.387 e. The molecule has 1 amide bonds. The van der Waals surface area contributed by atoms with E-state index in [1.165, 1.54) is 218 Å². The summed E-state index contributed by atoms with van der Waals surface area (Å²) in [6.07, 6.45) is 55.6. The van der Waals surface area contributed by atoms with Crippen molar-refractivity contribution in [3.8, 4) is 0 Å². The summed E-state index contributed by atoms with van der Waals surface area (Å²) in [6, 6.07) is -0.856. The fraction of sp³-hybridized carbons (Fsp3) is 0.941. The molecule has 3 unspecified atom stereocenters. The van der Waals surface area contributed by atoms with E-state index in [0.29, 0.717) is 6.42 Å². The molecule has 0 rings (SSSR count). The van der Waals surface area contributed by atoms with E-state index in [-0.39, 0.29) is 25.7 Å². The summed E-state index contributed by atoms with van der Waals surface area (Å²) in [6.45, 7) is 4.19. The lowest BCUT2D eigenvalue weighted by Gasteiger charge is -2.23. The number of hydrogen-bond acceptors (Lipinski definition) is 6. The molecule has 0 spiro atoms. The third-order valence-electron chi connectivity index (χ3n) is 12.1. The molecule has 0 saturated heterocycles. The molecule has 5 N–H and O–H groups in total. The van der Waals surface area contributed by atoms with Crippen LogP contribution in [0.1, 0.15) is 277 Å². The number of carbonyl (C=O) groups is 1. The first-order valence-corrected chi connectivity index (χ1v) is 27.8. The average Bonchev–Trinajstić information content (AvgIpc) is 3.24. The van der Waals surface area contributed by atoms with E-state index in [2.05, 4.69) is 19.2 Å². The minimum absolute atomic E-state index is 0.0817. The van der Waals surface area contributed by atoms with Crippen LogP contribution in [0.4, 0.5) is 0 Å². The standard InChI is InChI=1S/C51H103N2O6P/c1-3-5-7-9-11-13-15-17-19-21-23-25-27-29-31-33-35-37-39-41-43-45-51(55)53-49(48-59-60(56,57)58-47-46-52)50(54)44-42-40-38-36-34-32-30-28-26-24-22-20-18-16-14-12-10-8-6-4-2/h42,44,49-50,54H,3-41,43,45-48,52H2,1-2H3,(H,53,55)(H,56,57)/b44-42+. The van der Waals surface area contributed by atoms with Gasteiger partial charge in [0.2, 0.25) is 5.91 Å². The van der Waals surface area contributed by atoms with E-state index in [9.17, 15) is 19.4 Å². The van der Waals surface area contributed by atoms with Gasteiger partial charge in [0.15, 0.2) is 0 Å². The predicted octanol–water partition coefficient (Wildman–Crippen LogP) is 15.5. The van der Waals surface area contributed by atoms with Crippen LogP contribution >= 0.6 is 7.82 Å². The molecule has 0 bridgehead atoms. The Morgan fingerprint density at radius 3 is 1.18 bits per heavy atom. The van der Waals surface area contributed by atoms with E-state index in [0.717, 1.165) is 38.5 Å². The van der Waals surface area contributed by atoms with Crippen molar-refractivity contribution < 1.29 is 28.4 Å². The summed E-state index contributed by atoms with van der Waals surface area (Å²) >= 11 is 0. The van der Waals surface area contributed by atoms with Gasteiger partial charge in [-0.05, 0) is 19.3 Å². The highest BCUT2D eigenvalue weighted by molar-refractivity contribution is 7.47. The van der Waals surface area contributed by atoms with Crippen molar-refractivity contribution in [1.82, 2.24) is 5.32 Å². The highest BCUT2D eigenvalue weighted by Gasteiger charge is 2.26. The molecule has 0 radical (unpaired) electrons. The molecule has 0 aliphatic rings. The Morgan fingerprint density at radius 2 is 0.850 bits per heavy atom. The lowest BCUT2D eigenvalue weighted by molar-refractivity contribution is -0.123. The predicted molar refractivity (Wildman–Crippen MR) is 259 cm³/mol. The number of nitrogens with two attached hydrogens (primary N) is 1. The lowest BCUT2D eigenvalue weighted by Crippen LogP contribution is -2.45. The number of aliphatic hydroxyl groups is 1. The van der Waals surface area contributed by atoms with Crippen LogP contribution in [0.2, 0.25) is 0 Å². The van der Waals surface area contributed by atoms with Crippen molar-refractivity contribution >= 4 is 13.7 Å². The van der Waals surface area contributed by atoms with Gasteiger partial charge in [-0.15, -0.1) is 0 Å². The zero-order chi connectivity index (χ0) is 43.9. The number of hydrogen-bond donors (Lipinski definition) is 4. The molecular weight excluding hydrogens is 768 g/mol. The van der Waals surface area contributed by atoms with Crippen LogP contribution in [-0.4, -0.2) is 47.8 Å². The highest BCUT2D eigenvalue weighted by Crippen LogP contribution is 2.43. The van der Waals surface area contributed by atoms with E-state index in [1.54, 1.807) is 6.08 Å². The Hall–Kier alpha value is -0.760. The summed E-state index contributed by atoms with van der Waals surface area (Å²) in [7, 11) is -4.34. The number of phosphoric acid groups is 1. The molecule has 8 nitrogen and oxygen atoms in total. The van der Waals surface area contributed by atoms with Crippen molar-refractivity contribution in [2.45, 2.75) is 289 Å². The average molecular weight is 871 g/mol. The van der Waals surface area contributed by atoms with Gasteiger partial charge in [0.1, 0.15) is 0 Å². The number of phosphoric ester groups is 1. The molecule has 60 heavy (non-hydrogen) atoms. The van der Waals surface area contributed by atoms with Gasteiger partial charge in [-0.25, -0.2) is 4.57 Å². The second kappa shape index (κ2) is 47.7. The monoisotopic (exact) mass is 871 g/mol. The second-order valence-corrected chi connectivity index (χ2v) is 19.6. The van der Waals surface area contributed by atoms with Crippen molar-refractivity contribution in [3.05, 3.63) is 12.2 Å². The van der Waals surface area contributed by atoms with Crippen molar-refractivity contribution in [1.29, 1.82) is 0 Å². The molecule has 0 aliphatic heterocycles. The van der Waals surface area contributed by atoms with Crippen LogP contribution < -0.4 is 11.1 Å². The Bertz CT molecular complexity index is 953. The lowest BCUT2D eigenvalue weighted by atomic mass is 10.0. The number of rotatable bonds is 50. The maximum Gasteiger partial charge on any atom is 0.472 e. The summed E-state index contributed by atoms with van der Waals surface area (Å²) in [4.78, 5) is 22.8. The molecule has 0 heterocycles. The van der Waals surface area contributed by atoms with Crippen molar-refractivity contribution in [2.24, 2.45) is 5.73 Å². The van der Waals surface area contributed by atoms with Gasteiger partial charge >= 0.3 is 7.82 Å². The maximum atomic E-state index is 12.8. The van der Waals surface area contributed by atoms with E-state index in [4.69, 9.17) is 14.8 Å². The van der Waals surface area contributed by atoms with Gasteiger partial charge in [-0.2, -0.15) is 0 Å². The topological polar surface area (TPSA) is 131 Å². The van der Waals surface area contributed by atoms with Gasteiger partial charge in [0.25, 0.3) is 0 Å². The number of allylic oxidation sites excluding steroid dienone is 1. The molecule has 0 saturated carbocycles. The number of aliphatic hydroxyl groups excluding tert-OH is 1. The van der Waals surface area contributed by atoms with Crippen molar-refractivity contribution in [2.75, 3.05) is 19.8 Å². The minimum atomic E-state index is -4.34. The maximum absolute atomic E-state index is 12.8. The molecular formula is C51H103N2O6P. The largest absolute Gasteiger partial charge is 0.472 e. The van der Waals surface area contributed by atoms with Crippen LogP contribution in [0.15, 0.2) is 12.2 Å². The Morgan fingerprint density at radius 1 is 0.533 bits per heavy atom. The summed E-state index contributed by atoms with van der Waals surface area (Å²) in [5.41, 5.74) is 5.40. The van der Waals surface area contributed by atoms with Gasteiger partial charge in [0, 0.05) is 13.0 Å². The van der Waals surface area contributed by atoms with Crippen LogP contribution in [0.5, 0.6) is 0 Å². The quantitative estimate of drug-likeness (QED) is 0.0272. The van der Waals surface area contributed by atoms with Gasteiger partial charge in [-0.3, -0.25) is 13.8 Å². The number of amides is 1. The molecule has 0 aromatic rings. The first kappa shape index (κ1) is 59.2. The first-order valence-electron chi connectivity index (χ1n) is 26.3. The number of nitrogens with one attached hydrogen (secondary N) is 1. The highest BCUT2D eigenvalue weighted by atomic mass is 31.2. The number of carbonyl (C=O) groups excluding carboxylic acids is 1. The zero-order valence-corrected chi connectivity index (χ0v) is 40.9. The first-order chi connectivity index (χ1) is 29.4. The van der Waals surface area contributed by atoms with Gasteiger partial charge < -0.3 is 21.1 Å². The van der Waals surface area contributed by atoms with E-state index < -0.39 is 20.0 Å². The van der Waals surface area contributed by atoms with Crippen LogP contribution in [-0.2, 0) is 18.4 Å². The normalized spacial score (nSPS) is 13.9. The third-order valence-corrected chi connectivity index (χ3v) is 13.1. The van der Waals surface area contributed by atoms with E-state index >= 15 is 0 Å². The summed E-state index contributed by atoms with van der Waals surface area (Å²) < 4.78 is 22.2. The van der Waals surface area contributed by atoms with Gasteiger partial charge in [0.05, 0.1) is 25.4 Å². The Balaban J connectivity index is 4.05. The Labute approximate surface area is 373 Å². The van der Waals surface area contributed by atoms with Crippen LogP contribution in [0.25, 0.3) is 0 Å². The molecule has 0 fully saturated rings. The van der Waals surface area contributed by atoms with Crippen LogP contribution in [0.3, 0.4) is 0 Å². The second-order valence-electron chi connectivity index (χ2n) is 18.1. The summed E-state index contributed by atoms with van der Waals surface area (Å²) in [5.74, 6) is -0.187. The summed E-state index contributed by atoms with van der Waals surface area (Å²) in [5, 5.41) is 13.8. The van der Waals surface area contributed by atoms with Crippen LogP contribution in [0, 0.1) is 0 Å². The number of unbranched alkanes of at least 4 members (excludes halogenated alkanes) is 38. The molecule has 3 atom stereocenters. The molecule has 9 heteroatoms. The van der Waals surface area contributed by atoms with E-state index in [1.807, 2.05) is 6.08 Å². The molecule has 0 aromatic heterocycles. The molecule has 0 aromatic carbocycles. The Kier molecular flexibility index (Phi) is 47.1. The van der Waals surface area contributed by atoms with Gasteiger partial charge in [-0.1, -0.05) is 264 Å². The fourth-order valence-electron chi connectivity index (χ4n) is 8.14.